The number of fused-ring (bicyclic) bond motifs is 3. The first-order valence-corrected chi connectivity index (χ1v) is 6.90. The van der Waals surface area contributed by atoms with Crippen molar-refractivity contribution in [2.24, 2.45) is 5.92 Å². The molecular weight excluding hydrogens is 286 g/mol. The van der Waals surface area contributed by atoms with E-state index in [-0.39, 0.29) is 6.42 Å². The van der Waals surface area contributed by atoms with E-state index in [0.29, 0.717) is 11.3 Å². The molecule has 3 aromatic rings. The maximum absolute atomic E-state index is 11.9. The smallest absolute Gasteiger partial charge is 0.321 e. The van der Waals surface area contributed by atoms with Gasteiger partial charge in [0.05, 0.1) is 0 Å². The third-order valence-corrected chi connectivity index (χ3v) is 3.90. The first-order valence-electron chi connectivity index (χ1n) is 6.90. The van der Waals surface area contributed by atoms with Crippen LogP contribution in [0.5, 0.6) is 5.75 Å². The Morgan fingerprint density at radius 2 is 1.95 bits per heavy atom. The van der Waals surface area contributed by atoms with Gasteiger partial charge in [0.1, 0.15) is 22.8 Å². The molecule has 2 atom stereocenters. The molecule has 6 nitrogen and oxygen atoms in total. The average molecular weight is 297 g/mol. The van der Waals surface area contributed by atoms with Gasteiger partial charge in [0.2, 0.25) is 6.04 Å². The van der Waals surface area contributed by atoms with Crippen molar-refractivity contribution in [3.63, 3.8) is 0 Å². The van der Waals surface area contributed by atoms with Crippen LogP contribution in [0, 0.1) is 16.0 Å². The third-order valence-electron chi connectivity index (χ3n) is 3.90. The molecule has 4 rings (SSSR count). The van der Waals surface area contributed by atoms with Crippen molar-refractivity contribution in [1.82, 2.24) is 0 Å². The number of nitro groups is 1. The number of hydrogen-bond donors (Lipinski definition) is 0. The van der Waals surface area contributed by atoms with E-state index in [2.05, 4.69) is 0 Å². The first kappa shape index (κ1) is 12.8. The van der Waals surface area contributed by atoms with Crippen molar-refractivity contribution in [3.8, 4) is 5.75 Å². The fourth-order valence-electron chi connectivity index (χ4n) is 2.63. The molecule has 1 heterocycles. The lowest BCUT2D eigenvalue weighted by Crippen LogP contribution is -2.16. The second-order valence-corrected chi connectivity index (χ2v) is 5.37. The number of rotatable bonds is 3. The standard InChI is InChI=1S/C16H11NO5/c18-16(12-8-13(12)17(19)20)21-9-5-6-15-11(7-9)10-3-1-2-4-14(10)22-15/h1-7,12-13H,8H2/t12-,13+/m0/s1. The van der Waals surface area contributed by atoms with E-state index in [1.807, 2.05) is 24.3 Å². The van der Waals surface area contributed by atoms with Crippen LogP contribution in [0.25, 0.3) is 21.9 Å². The van der Waals surface area contributed by atoms with E-state index in [4.69, 9.17) is 9.15 Å². The SMILES string of the molecule is O=C(Oc1ccc2oc3ccccc3c2c1)[C@H]1C[C@H]1[N+](=O)[O-]. The molecule has 0 N–H and O–H groups in total. The zero-order valence-corrected chi connectivity index (χ0v) is 11.4. The summed E-state index contributed by atoms with van der Waals surface area (Å²) in [4.78, 5) is 22.0. The molecule has 0 saturated heterocycles. The first-order chi connectivity index (χ1) is 10.6. The summed E-state index contributed by atoms with van der Waals surface area (Å²) >= 11 is 0. The van der Waals surface area contributed by atoms with Crippen LogP contribution in [0.4, 0.5) is 0 Å². The second kappa shape index (κ2) is 4.56. The summed E-state index contributed by atoms with van der Waals surface area (Å²) in [6, 6.07) is 11.9. The Morgan fingerprint density at radius 1 is 1.18 bits per heavy atom. The highest BCUT2D eigenvalue weighted by Crippen LogP contribution is 2.36. The van der Waals surface area contributed by atoms with Crippen molar-refractivity contribution in [1.29, 1.82) is 0 Å². The molecule has 6 heteroatoms. The summed E-state index contributed by atoms with van der Waals surface area (Å²) in [5.41, 5.74) is 1.46. The van der Waals surface area contributed by atoms with Crippen LogP contribution in [-0.2, 0) is 4.79 Å². The minimum absolute atomic E-state index is 0.253. The van der Waals surface area contributed by atoms with Crippen molar-refractivity contribution in [2.75, 3.05) is 0 Å². The number of para-hydroxylation sites is 1. The van der Waals surface area contributed by atoms with Gasteiger partial charge in [-0.15, -0.1) is 0 Å². The average Bonchev–Trinajstić information content (AvgIpc) is 3.23. The lowest BCUT2D eigenvalue weighted by atomic mass is 10.1. The second-order valence-electron chi connectivity index (χ2n) is 5.37. The zero-order chi connectivity index (χ0) is 15.3. The zero-order valence-electron chi connectivity index (χ0n) is 11.4. The highest BCUT2D eigenvalue weighted by atomic mass is 16.6. The van der Waals surface area contributed by atoms with Gasteiger partial charge in [-0.1, -0.05) is 18.2 Å². The molecule has 22 heavy (non-hydrogen) atoms. The van der Waals surface area contributed by atoms with Gasteiger partial charge in [-0.3, -0.25) is 14.9 Å². The fourth-order valence-corrected chi connectivity index (χ4v) is 2.63. The molecule has 0 spiro atoms. The topological polar surface area (TPSA) is 82.6 Å². The molecule has 0 amide bonds. The van der Waals surface area contributed by atoms with E-state index >= 15 is 0 Å². The molecule has 0 unspecified atom stereocenters. The monoisotopic (exact) mass is 297 g/mol. The Bertz CT molecular complexity index is 913. The molecule has 1 aromatic heterocycles. The molecule has 0 bridgehead atoms. The third kappa shape index (κ3) is 2.00. The van der Waals surface area contributed by atoms with E-state index in [0.717, 1.165) is 16.4 Å². The van der Waals surface area contributed by atoms with Crippen molar-refractivity contribution in [2.45, 2.75) is 12.5 Å². The number of carbonyl (C=O) groups excluding carboxylic acids is 1. The molecule has 0 aliphatic heterocycles. The number of esters is 1. The molecule has 2 aromatic carbocycles. The largest absolute Gasteiger partial charge is 0.456 e. The Morgan fingerprint density at radius 3 is 2.73 bits per heavy atom. The molecule has 110 valence electrons. The van der Waals surface area contributed by atoms with Gasteiger partial charge < -0.3 is 9.15 Å². The number of benzene rings is 2. The van der Waals surface area contributed by atoms with Crippen LogP contribution in [0.1, 0.15) is 6.42 Å². The van der Waals surface area contributed by atoms with Gasteiger partial charge in [0, 0.05) is 22.1 Å². The Kier molecular flexibility index (Phi) is 2.66. The molecule has 0 radical (unpaired) electrons. The Balaban J connectivity index is 1.64. The minimum Gasteiger partial charge on any atom is -0.456 e. The maximum Gasteiger partial charge on any atom is 0.321 e. The van der Waals surface area contributed by atoms with Crippen LogP contribution >= 0.6 is 0 Å². The molecule has 1 saturated carbocycles. The van der Waals surface area contributed by atoms with Crippen LogP contribution in [0.2, 0.25) is 0 Å². The Labute approximate surface area is 124 Å². The summed E-state index contributed by atoms with van der Waals surface area (Å²) in [5, 5.41) is 12.4. The van der Waals surface area contributed by atoms with E-state index in [1.54, 1.807) is 18.2 Å². The maximum atomic E-state index is 11.9. The summed E-state index contributed by atoms with van der Waals surface area (Å²) < 4.78 is 11.0. The molecular formula is C16H11NO5. The summed E-state index contributed by atoms with van der Waals surface area (Å²) in [7, 11) is 0. The Hall–Kier alpha value is -2.89. The van der Waals surface area contributed by atoms with Gasteiger partial charge >= 0.3 is 5.97 Å². The summed E-state index contributed by atoms with van der Waals surface area (Å²) in [6.45, 7) is 0. The summed E-state index contributed by atoms with van der Waals surface area (Å²) in [6.07, 6.45) is 0.253. The van der Waals surface area contributed by atoms with Crippen LogP contribution in [-0.4, -0.2) is 16.9 Å². The van der Waals surface area contributed by atoms with Gasteiger partial charge in [-0.05, 0) is 24.3 Å². The number of furan rings is 1. The van der Waals surface area contributed by atoms with Gasteiger partial charge in [0.15, 0.2) is 0 Å². The number of ether oxygens (including phenoxy) is 1. The lowest BCUT2D eigenvalue weighted by Gasteiger charge is -2.02. The highest BCUT2D eigenvalue weighted by Gasteiger charge is 2.54. The predicted molar refractivity (Wildman–Crippen MR) is 78.2 cm³/mol. The van der Waals surface area contributed by atoms with Gasteiger partial charge in [0.25, 0.3) is 0 Å². The highest BCUT2D eigenvalue weighted by molar-refractivity contribution is 6.05. The van der Waals surface area contributed by atoms with Crippen LogP contribution in [0.3, 0.4) is 0 Å². The van der Waals surface area contributed by atoms with E-state index in [9.17, 15) is 14.9 Å². The lowest BCUT2D eigenvalue weighted by molar-refractivity contribution is -0.497. The molecule has 1 fully saturated rings. The van der Waals surface area contributed by atoms with Crippen LogP contribution in [0.15, 0.2) is 46.9 Å². The van der Waals surface area contributed by atoms with Crippen molar-refractivity contribution < 1.29 is 18.9 Å². The quantitative estimate of drug-likeness (QED) is 0.321. The van der Waals surface area contributed by atoms with E-state index < -0.39 is 22.9 Å². The van der Waals surface area contributed by atoms with Crippen molar-refractivity contribution >= 4 is 27.9 Å². The fraction of sp³-hybridized carbons (Fsp3) is 0.188. The molecule has 1 aliphatic carbocycles. The van der Waals surface area contributed by atoms with Gasteiger partial charge in [-0.25, -0.2) is 0 Å². The summed E-state index contributed by atoms with van der Waals surface area (Å²) in [5.74, 6) is -0.807. The predicted octanol–water partition coefficient (Wildman–Crippen LogP) is 3.16. The number of carbonyl (C=O) groups is 1. The van der Waals surface area contributed by atoms with Crippen LogP contribution < -0.4 is 4.74 Å². The molecule has 1 aliphatic rings. The minimum atomic E-state index is -0.800. The number of hydrogen-bond acceptors (Lipinski definition) is 5. The van der Waals surface area contributed by atoms with Crippen molar-refractivity contribution in [3.05, 3.63) is 52.6 Å². The van der Waals surface area contributed by atoms with Gasteiger partial charge in [-0.2, -0.15) is 0 Å². The normalized spacial score (nSPS) is 20.2. The van der Waals surface area contributed by atoms with E-state index in [1.165, 1.54) is 0 Å². The number of nitrogens with zero attached hydrogens (tertiary/aromatic N) is 1.